The summed E-state index contributed by atoms with van der Waals surface area (Å²) in [5, 5.41) is 0. The fourth-order valence-corrected chi connectivity index (χ4v) is 1.97. The van der Waals surface area contributed by atoms with Crippen molar-refractivity contribution in [3.63, 3.8) is 0 Å². The number of hydrogen-bond acceptors (Lipinski definition) is 1. The third-order valence-electron chi connectivity index (χ3n) is 2.84. The van der Waals surface area contributed by atoms with E-state index in [0.717, 1.165) is 6.61 Å². The van der Waals surface area contributed by atoms with Crippen molar-refractivity contribution < 1.29 is 4.74 Å². The van der Waals surface area contributed by atoms with Gasteiger partial charge in [-0.1, -0.05) is 51.1 Å². The smallest absolute Gasteiger partial charge is 0.0717 e. The van der Waals surface area contributed by atoms with E-state index in [9.17, 15) is 0 Å². The van der Waals surface area contributed by atoms with Gasteiger partial charge in [-0.3, -0.25) is 0 Å². The van der Waals surface area contributed by atoms with Crippen LogP contribution in [0.25, 0.3) is 0 Å². The van der Waals surface area contributed by atoms with E-state index in [4.69, 9.17) is 16.3 Å². The molecule has 1 nitrogen and oxygen atoms in total. The summed E-state index contributed by atoms with van der Waals surface area (Å²) >= 11 is 5.95. The van der Waals surface area contributed by atoms with Crippen LogP contribution in [0.3, 0.4) is 0 Å². The standard InChI is InChI=1S/C14H21ClO/c1-14(2,3)13(9-15)11-16-10-12-7-5-4-6-8-12/h4-8,13H,9-11H2,1-3H3. The van der Waals surface area contributed by atoms with Gasteiger partial charge < -0.3 is 4.74 Å². The third-order valence-corrected chi connectivity index (χ3v) is 3.21. The van der Waals surface area contributed by atoms with Gasteiger partial charge in [-0.2, -0.15) is 0 Å². The molecule has 1 unspecified atom stereocenters. The molecule has 0 aromatic heterocycles. The lowest BCUT2D eigenvalue weighted by Crippen LogP contribution is -2.26. The predicted molar refractivity (Wildman–Crippen MR) is 69.8 cm³/mol. The monoisotopic (exact) mass is 240 g/mol. The molecule has 16 heavy (non-hydrogen) atoms. The van der Waals surface area contributed by atoms with Gasteiger partial charge in [0.2, 0.25) is 0 Å². The number of halogens is 1. The molecule has 1 aromatic rings. The van der Waals surface area contributed by atoms with Crippen molar-refractivity contribution in [2.75, 3.05) is 12.5 Å². The Morgan fingerprint density at radius 3 is 2.31 bits per heavy atom. The highest BCUT2D eigenvalue weighted by Gasteiger charge is 2.23. The highest BCUT2D eigenvalue weighted by molar-refractivity contribution is 6.18. The second-order valence-electron chi connectivity index (χ2n) is 5.22. The first-order chi connectivity index (χ1) is 7.54. The van der Waals surface area contributed by atoms with E-state index < -0.39 is 0 Å². The number of alkyl halides is 1. The van der Waals surface area contributed by atoms with Gasteiger partial charge in [0, 0.05) is 11.8 Å². The zero-order valence-corrected chi connectivity index (χ0v) is 11.1. The molecule has 0 aliphatic carbocycles. The lowest BCUT2D eigenvalue weighted by Gasteiger charge is -2.28. The normalized spacial score (nSPS) is 13.8. The van der Waals surface area contributed by atoms with Crippen molar-refractivity contribution in [2.24, 2.45) is 11.3 Å². The average molecular weight is 241 g/mol. The van der Waals surface area contributed by atoms with E-state index in [2.05, 4.69) is 32.9 Å². The minimum absolute atomic E-state index is 0.207. The molecular weight excluding hydrogens is 220 g/mol. The van der Waals surface area contributed by atoms with E-state index in [1.165, 1.54) is 5.56 Å². The third kappa shape index (κ3) is 4.54. The largest absolute Gasteiger partial charge is 0.376 e. The molecular formula is C14H21ClO. The van der Waals surface area contributed by atoms with Crippen molar-refractivity contribution in [1.82, 2.24) is 0 Å². The van der Waals surface area contributed by atoms with Crippen LogP contribution in [0.1, 0.15) is 26.3 Å². The Labute approximate surface area is 104 Å². The number of rotatable bonds is 5. The van der Waals surface area contributed by atoms with Gasteiger partial charge in [-0.15, -0.1) is 11.6 Å². The molecule has 0 radical (unpaired) electrons. The quantitative estimate of drug-likeness (QED) is 0.704. The molecule has 0 fully saturated rings. The molecule has 1 rings (SSSR count). The summed E-state index contributed by atoms with van der Waals surface area (Å²) in [7, 11) is 0. The Bertz CT molecular complexity index is 289. The zero-order chi connectivity index (χ0) is 12.0. The van der Waals surface area contributed by atoms with Crippen LogP contribution in [0, 0.1) is 11.3 Å². The van der Waals surface area contributed by atoms with Crippen molar-refractivity contribution in [3.05, 3.63) is 35.9 Å². The molecule has 1 atom stereocenters. The van der Waals surface area contributed by atoms with Crippen molar-refractivity contribution >= 4 is 11.6 Å². The van der Waals surface area contributed by atoms with Crippen LogP contribution in [-0.2, 0) is 11.3 Å². The highest BCUT2D eigenvalue weighted by atomic mass is 35.5. The lowest BCUT2D eigenvalue weighted by atomic mass is 9.82. The minimum Gasteiger partial charge on any atom is -0.376 e. The average Bonchev–Trinajstić information content (AvgIpc) is 2.24. The second-order valence-corrected chi connectivity index (χ2v) is 5.53. The summed E-state index contributed by atoms with van der Waals surface area (Å²) in [6, 6.07) is 10.2. The molecule has 0 aliphatic heterocycles. The summed E-state index contributed by atoms with van der Waals surface area (Å²) in [6.45, 7) is 8.00. The SMILES string of the molecule is CC(C)(C)C(CCl)COCc1ccccc1. The molecule has 0 aliphatic rings. The fraction of sp³-hybridized carbons (Fsp3) is 0.571. The molecule has 90 valence electrons. The van der Waals surface area contributed by atoms with Crippen LogP contribution in [0.4, 0.5) is 0 Å². The Balaban J connectivity index is 2.35. The van der Waals surface area contributed by atoms with E-state index in [1.807, 2.05) is 18.2 Å². The van der Waals surface area contributed by atoms with Crippen LogP contribution in [0.2, 0.25) is 0 Å². The molecule has 0 saturated heterocycles. The van der Waals surface area contributed by atoms with Gasteiger partial charge in [0.15, 0.2) is 0 Å². The van der Waals surface area contributed by atoms with Crippen LogP contribution in [0.15, 0.2) is 30.3 Å². The maximum atomic E-state index is 5.95. The first kappa shape index (κ1) is 13.5. The van der Waals surface area contributed by atoms with E-state index in [0.29, 0.717) is 18.4 Å². The molecule has 1 aromatic carbocycles. The molecule has 0 saturated carbocycles. The van der Waals surface area contributed by atoms with Crippen molar-refractivity contribution in [2.45, 2.75) is 27.4 Å². The first-order valence-corrected chi connectivity index (χ1v) is 6.25. The van der Waals surface area contributed by atoms with Crippen LogP contribution < -0.4 is 0 Å². The Morgan fingerprint density at radius 1 is 1.19 bits per heavy atom. The summed E-state index contributed by atoms with van der Waals surface area (Å²) < 4.78 is 5.71. The minimum atomic E-state index is 0.207. The summed E-state index contributed by atoms with van der Waals surface area (Å²) in [5.74, 6) is 1.05. The van der Waals surface area contributed by atoms with Gasteiger partial charge in [0.05, 0.1) is 13.2 Å². The Kier molecular flexibility index (Phi) is 5.30. The van der Waals surface area contributed by atoms with Gasteiger partial charge in [0.1, 0.15) is 0 Å². The number of ether oxygens (including phenoxy) is 1. The van der Waals surface area contributed by atoms with Gasteiger partial charge in [-0.25, -0.2) is 0 Å². The summed E-state index contributed by atoms with van der Waals surface area (Å²) in [4.78, 5) is 0. The Morgan fingerprint density at radius 2 is 1.81 bits per heavy atom. The van der Waals surface area contributed by atoms with Crippen molar-refractivity contribution in [1.29, 1.82) is 0 Å². The van der Waals surface area contributed by atoms with E-state index in [-0.39, 0.29) is 5.41 Å². The maximum absolute atomic E-state index is 5.95. The van der Waals surface area contributed by atoms with Gasteiger partial charge in [-0.05, 0) is 11.0 Å². The van der Waals surface area contributed by atoms with Gasteiger partial charge >= 0.3 is 0 Å². The molecule has 0 heterocycles. The maximum Gasteiger partial charge on any atom is 0.0717 e. The summed E-state index contributed by atoms with van der Waals surface area (Å²) in [6.07, 6.45) is 0. The van der Waals surface area contributed by atoms with Crippen LogP contribution in [-0.4, -0.2) is 12.5 Å². The zero-order valence-electron chi connectivity index (χ0n) is 10.4. The molecule has 0 N–H and O–H groups in total. The van der Waals surface area contributed by atoms with Crippen LogP contribution in [0.5, 0.6) is 0 Å². The molecule has 0 bridgehead atoms. The topological polar surface area (TPSA) is 9.23 Å². The molecule has 2 heteroatoms. The van der Waals surface area contributed by atoms with Crippen molar-refractivity contribution in [3.8, 4) is 0 Å². The first-order valence-electron chi connectivity index (χ1n) is 5.71. The fourth-order valence-electron chi connectivity index (χ4n) is 1.42. The summed E-state index contributed by atoms with van der Waals surface area (Å²) in [5.41, 5.74) is 1.42. The predicted octanol–water partition coefficient (Wildman–Crippen LogP) is 4.10. The second kappa shape index (κ2) is 6.27. The highest BCUT2D eigenvalue weighted by Crippen LogP contribution is 2.27. The number of hydrogen-bond donors (Lipinski definition) is 0. The molecule has 0 spiro atoms. The molecule has 0 amide bonds. The van der Waals surface area contributed by atoms with E-state index >= 15 is 0 Å². The van der Waals surface area contributed by atoms with E-state index in [1.54, 1.807) is 0 Å². The Hall–Kier alpha value is -0.530. The lowest BCUT2D eigenvalue weighted by molar-refractivity contribution is 0.0554. The van der Waals surface area contributed by atoms with Crippen LogP contribution >= 0.6 is 11.6 Å². The van der Waals surface area contributed by atoms with Gasteiger partial charge in [0.25, 0.3) is 0 Å². The number of benzene rings is 1.